The lowest BCUT2D eigenvalue weighted by Gasteiger charge is -2.28. The van der Waals surface area contributed by atoms with Gasteiger partial charge in [-0.15, -0.1) is 0 Å². The Hall–Kier alpha value is -2.55. The van der Waals surface area contributed by atoms with Gasteiger partial charge in [0.2, 0.25) is 5.91 Å². The highest BCUT2D eigenvalue weighted by atomic mass is 16.5. The SMILES string of the molecule is O=C(CN1C[C@@H](Cc2ccnc3ccccc23)[C@H](O)C1)N1CCOCC1.O=CO. The molecule has 8 nitrogen and oxygen atoms in total. The van der Waals surface area contributed by atoms with E-state index >= 15 is 0 Å². The van der Waals surface area contributed by atoms with E-state index in [4.69, 9.17) is 14.6 Å². The van der Waals surface area contributed by atoms with Crippen molar-refractivity contribution >= 4 is 23.3 Å². The molecule has 0 unspecified atom stereocenters. The fourth-order valence-corrected chi connectivity index (χ4v) is 3.99. The molecule has 4 rings (SSSR count). The van der Waals surface area contributed by atoms with Crippen LogP contribution in [0.3, 0.4) is 0 Å². The summed E-state index contributed by atoms with van der Waals surface area (Å²) < 4.78 is 5.30. The molecule has 2 fully saturated rings. The molecule has 0 spiro atoms. The van der Waals surface area contributed by atoms with Gasteiger partial charge in [-0.2, -0.15) is 0 Å². The molecule has 1 aromatic heterocycles. The summed E-state index contributed by atoms with van der Waals surface area (Å²) in [7, 11) is 0. The number of benzene rings is 1. The van der Waals surface area contributed by atoms with E-state index in [-0.39, 0.29) is 18.3 Å². The summed E-state index contributed by atoms with van der Waals surface area (Å²) in [5.74, 6) is 0.272. The minimum absolute atomic E-state index is 0.135. The Bertz CT molecular complexity index is 820. The van der Waals surface area contributed by atoms with Gasteiger partial charge in [0.15, 0.2) is 0 Å². The summed E-state index contributed by atoms with van der Waals surface area (Å²) in [4.78, 5) is 29.1. The van der Waals surface area contributed by atoms with Crippen molar-refractivity contribution in [3.63, 3.8) is 0 Å². The molecule has 3 heterocycles. The number of hydrogen-bond donors (Lipinski definition) is 2. The number of carbonyl (C=O) groups excluding carboxylic acids is 1. The first kappa shape index (κ1) is 21.2. The zero-order chi connectivity index (χ0) is 20.6. The van der Waals surface area contributed by atoms with Crippen LogP contribution < -0.4 is 0 Å². The maximum absolute atomic E-state index is 12.4. The maximum atomic E-state index is 12.4. The lowest BCUT2D eigenvalue weighted by Crippen LogP contribution is -2.45. The van der Waals surface area contributed by atoms with E-state index in [2.05, 4.69) is 16.0 Å². The highest BCUT2D eigenvalue weighted by Gasteiger charge is 2.33. The quantitative estimate of drug-likeness (QED) is 0.725. The predicted molar refractivity (Wildman–Crippen MR) is 107 cm³/mol. The molecule has 2 atom stereocenters. The number of carboxylic acid groups (broad SMARTS) is 1. The number of para-hydroxylation sites is 1. The number of β-amino-alcohol motifs (C(OH)–C–C–N with tert-alkyl or cyclic N) is 1. The highest BCUT2D eigenvalue weighted by molar-refractivity contribution is 5.82. The smallest absolute Gasteiger partial charge is 0.290 e. The van der Waals surface area contributed by atoms with E-state index in [0.717, 1.165) is 23.9 Å². The molecule has 8 heteroatoms. The van der Waals surface area contributed by atoms with Crippen LogP contribution in [0.15, 0.2) is 36.5 Å². The molecular formula is C21H27N3O5. The fourth-order valence-electron chi connectivity index (χ4n) is 3.99. The minimum atomic E-state index is -0.403. The number of rotatable bonds is 4. The Kier molecular flexibility index (Phi) is 7.51. The van der Waals surface area contributed by atoms with Crippen LogP contribution in [0.4, 0.5) is 0 Å². The average Bonchev–Trinajstić information content (AvgIpc) is 3.08. The first-order chi connectivity index (χ1) is 14.1. The van der Waals surface area contributed by atoms with Gasteiger partial charge in [0.25, 0.3) is 6.47 Å². The Labute approximate surface area is 169 Å². The number of hydrogen-bond acceptors (Lipinski definition) is 6. The van der Waals surface area contributed by atoms with E-state index < -0.39 is 6.10 Å². The van der Waals surface area contributed by atoms with Gasteiger partial charge >= 0.3 is 0 Å². The minimum Gasteiger partial charge on any atom is -0.483 e. The third-order valence-electron chi connectivity index (χ3n) is 5.43. The number of ether oxygens (including phenoxy) is 1. The van der Waals surface area contributed by atoms with Crippen LogP contribution in [-0.4, -0.2) is 89.4 Å². The normalized spacial score (nSPS) is 22.2. The van der Waals surface area contributed by atoms with Crippen molar-refractivity contribution in [1.29, 1.82) is 0 Å². The van der Waals surface area contributed by atoms with E-state index in [0.29, 0.717) is 39.4 Å². The van der Waals surface area contributed by atoms with Gasteiger partial charge in [-0.05, 0) is 24.1 Å². The van der Waals surface area contributed by atoms with E-state index in [1.54, 1.807) is 0 Å². The van der Waals surface area contributed by atoms with E-state index in [1.807, 2.05) is 35.4 Å². The molecule has 0 aliphatic carbocycles. The summed E-state index contributed by atoms with van der Waals surface area (Å²) in [6.45, 7) is 4.00. The second-order valence-corrected chi connectivity index (χ2v) is 7.31. The van der Waals surface area contributed by atoms with Crippen molar-refractivity contribution in [3.05, 3.63) is 42.1 Å². The summed E-state index contributed by atoms with van der Waals surface area (Å²) >= 11 is 0. The van der Waals surface area contributed by atoms with Gasteiger partial charge in [-0.1, -0.05) is 18.2 Å². The molecule has 0 saturated carbocycles. The van der Waals surface area contributed by atoms with Crippen molar-refractivity contribution in [3.8, 4) is 0 Å². The lowest BCUT2D eigenvalue weighted by atomic mass is 9.94. The number of aromatic nitrogens is 1. The van der Waals surface area contributed by atoms with Gasteiger partial charge in [-0.25, -0.2) is 0 Å². The Morgan fingerprint density at radius 1 is 1.21 bits per heavy atom. The molecule has 156 valence electrons. The van der Waals surface area contributed by atoms with Gasteiger partial charge in [0.1, 0.15) is 0 Å². The van der Waals surface area contributed by atoms with Gasteiger partial charge < -0.3 is 19.8 Å². The van der Waals surface area contributed by atoms with E-state index in [1.165, 1.54) is 5.56 Å². The van der Waals surface area contributed by atoms with Gasteiger partial charge in [-0.3, -0.25) is 19.5 Å². The number of likely N-dealkylation sites (tertiary alicyclic amines) is 1. The first-order valence-electron chi connectivity index (χ1n) is 9.78. The van der Waals surface area contributed by atoms with Crippen LogP contribution in [0.1, 0.15) is 5.56 Å². The van der Waals surface area contributed by atoms with Gasteiger partial charge in [0, 0.05) is 43.7 Å². The predicted octanol–water partition coefficient (Wildman–Crippen LogP) is 0.630. The van der Waals surface area contributed by atoms with Crippen LogP contribution in [0.2, 0.25) is 0 Å². The number of fused-ring (bicyclic) bond motifs is 1. The molecule has 1 amide bonds. The summed E-state index contributed by atoms with van der Waals surface area (Å²) in [6, 6.07) is 10.1. The third kappa shape index (κ3) is 5.50. The van der Waals surface area contributed by atoms with Crippen molar-refractivity contribution in [1.82, 2.24) is 14.8 Å². The number of nitrogens with zero attached hydrogens (tertiary/aromatic N) is 3. The topological polar surface area (TPSA) is 103 Å². The number of aliphatic hydroxyl groups is 1. The zero-order valence-electron chi connectivity index (χ0n) is 16.3. The Morgan fingerprint density at radius 2 is 1.93 bits per heavy atom. The fraction of sp³-hybridized carbons (Fsp3) is 0.476. The largest absolute Gasteiger partial charge is 0.483 e. The Balaban J connectivity index is 0.000000755. The van der Waals surface area contributed by atoms with Crippen LogP contribution >= 0.6 is 0 Å². The second-order valence-electron chi connectivity index (χ2n) is 7.31. The first-order valence-corrected chi connectivity index (χ1v) is 9.78. The van der Waals surface area contributed by atoms with E-state index in [9.17, 15) is 9.90 Å². The molecule has 2 aliphatic rings. The molecule has 0 bridgehead atoms. The zero-order valence-corrected chi connectivity index (χ0v) is 16.3. The number of carbonyl (C=O) groups is 2. The Morgan fingerprint density at radius 3 is 2.69 bits per heavy atom. The van der Waals surface area contributed by atoms with Crippen molar-refractivity contribution < 1.29 is 24.5 Å². The summed E-state index contributed by atoms with van der Waals surface area (Å²) in [5, 5.41) is 18.5. The molecular weight excluding hydrogens is 374 g/mol. The molecule has 1 aromatic carbocycles. The van der Waals surface area contributed by atoms with Crippen LogP contribution in [0, 0.1) is 5.92 Å². The number of amides is 1. The maximum Gasteiger partial charge on any atom is 0.290 e. The standard InChI is InChI=1S/C20H25N3O3.CH2O2/c24-19-13-22(14-20(25)23-7-9-26-10-8-23)12-16(19)11-15-5-6-21-18-4-2-1-3-17(15)18;2-1-3/h1-6,16,19,24H,7-14H2;1H,(H,2,3)/t16-,19-;/m1./s1. The number of aliphatic hydroxyl groups excluding tert-OH is 1. The molecule has 2 N–H and O–H groups in total. The molecule has 2 aromatic rings. The van der Waals surface area contributed by atoms with Crippen molar-refractivity contribution in [2.75, 3.05) is 45.9 Å². The molecule has 2 saturated heterocycles. The van der Waals surface area contributed by atoms with Crippen LogP contribution in [0.25, 0.3) is 10.9 Å². The summed E-state index contributed by atoms with van der Waals surface area (Å²) in [6.07, 6.45) is 2.23. The van der Waals surface area contributed by atoms with Crippen LogP contribution in [0.5, 0.6) is 0 Å². The summed E-state index contributed by atoms with van der Waals surface area (Å²) in [5.41, 5.74) is 2.19. The van der Waals surface area contributed by atoms with Crippen LogP contribution in [-0.2, 0) is 20.7 Å². The van der Waals surface area contributed by atoms with Crippen molar-refractivity contribution in [2.45, 2.75) is 12.5 Å². The second kappa shape index (κ2) is 10.3. The van der Waals surface area contributed by atoms with Gasteiger partial charge in [0.05, 0.1) is 31.4 Å². The average molecular weight is 401 g/mol. The molecule has 0 radical (unpaired) electrons. The lowest BCUT2D eigenvalue weighted by molar-refractivity contribution is -0.136. The molecule has 2 aliphatic heterocycles. The molecule has 29 heavy (non-hydrogen) atoms. The number of morpholine rings is 1. The highest BCUT2D eigenvalue weighted by Crippen LogP contribution is 2.25. The monoisotopic (exact) mass is 401 g/mol. The third-order valence-corrected chi connectivity index (χ3v) is 5.43. The van der Waals surface area contributed by atoms with Crippen molar-refractivity contribution in [2.24, 2.45) is 5.92 Å². The number of pyridine rings is 1.